The van der Waals surface area contributed by atoms with E-state index in [4.69, 9.17) is 16.7 Å². The van der Waals surface area contributed by atoms with Crippen molar-refractivity contribution < 1.29 is 14.3 Å². The number of aryl methyl sites for hydroxylation is 1. The molecule has 0 saturated heterocycles. The average molecular weight is 301 g/mol. The third-order valence-electron chi connectivity index (χ3n) is 2.29. The highest BCUT2D eigenvalue weighted by Gasteiger charge is 2.13. The van der Waals surface area contributed by atoms with E-state index in [1.807, 2.05) is 0 Å². The second-order valence-electron chi connectivity index (χ2n) is 3.81. The Morgan fingerprint density at radius 3 is 3.00 bits per heavy atom. The first-order valence-corrected chi connectivity index (χ1v) is 6.69. The van der Waals surface area contributed by atoms with Gasteiger partial charge in [0.15, 0.2) is 5.16 Å². The van der Waals surface area contributed by atoms with Crippen LogP contribution in [0.5, 0.6) is 0 Å². The standard InChI is InChI=1S/C12H10ClFN2O2S/c1-7-5-16(12(15-7)19-6-11(17)18)10-4-8(14)2-3-9(10)13/h2-5H,6H2,1H3,(H,17,18). The van der Waals surface area contributed by atoms with Crippen molar-refractivity contribution in [3.8, 4) is 5.69 Å². The van der Waals surface area contributed by atoms with Gasteiger partial charge in [-0.1, -0.05) is 23.4 Å². The Hall–Kier alpha value is -1.53. The van der Waals surface area contributed by atoms with Crippen molar-refractivity contribution in [2.45, 2.75) is 12.1 Å². The molecule has 7 heteroatoms. The normalized spacial score (nSPS) is 10.7. The van der Waals surface area contributed by atoms with Crippen LogP contribution in [0.1, 0.15) is 5.69 Å². The van der Waals surface area contributed by atoms with Crippen LogP contribution in [0.15, 0.2) is 29.6 Å². The van der Waals surface area contributed by atoms with Gasteiger partial charge in [0.1, 0.15) is 5.82 Å². The van der Waals surface area contributed by atoms with E-state index < -0.39 is 11.8 Å². The summed E-state index contributed by atoms with van der Waals surface area (Å²) in [7, 11) is 0. The van der Waals surface area contributed by atoms with Gasteiger partial charge in [-0.2, -0.15) is 0 Å². The molecule has 0 aliphatic carbocycles. The predicted octanol–water partition coefficient (Wildman–Crippen LogP) is 3.15. The second-order valence-corrected chi connectivity index (χ2v) is 5.16. The monoisotopic (exact) mass is 300 g/mol. The molecular formula is C12H10ClFN2O2S. The Kier molecular flexibility index (Phi) is 4.11. The van der Waals surface area contributed by atoms with Crippen LogP contribution in [-0.4, -0.2) is 26.4 Å². The highest BCUT2D eigenvalue weighted by atomic mass is 35.5. The molecule has 100 valence electrons. The summed E-state index contributed by atoms with van der Waals surface area (Å²) in [5.74, 6) is -1.48. The number of halogens is 2. The van der Waals surface area contributed by atoms with Crippen LogP contribution >= 0.6 is 23.4 Å². The van der Waals surface area contributed by atoms with Gasteiger partial charge >= 0.3 is 5.97 Å². The number of thioether (sulfide) groups is 1. The highest BCUT2D eigenvalue weighted by Crippen LogP contribution is 2.27. The minimum Gasteiger partial charge on any atom is -0.481 e. The number of carboxylic acids is 1. The molecule has 0 bridgehead atoms. The van der Waals surface area contributed by atoms with Gasteiger partial charge in [-0.3, -0.25) is 9.36 Å². The molecule has 0 atom stereocenters. The van der Waals surface area contributed by atoms with Gasteiger partial charge in [0, 0.05) is 6.20 Å². The summed E-state index contributed by atoms with van der Waals surface area (Å²) < 4.78 is 14.9. The topological polar surface area (TPSA) is 55.1 Å². The largest absolute Gasteiger partial charge is 0.481 e. The zero-order chi connectivity index (χ0) is 14.0. The number of carbonyl (C=O) groups is 1. The molecule has 0 aliphatic rings. The summed E-state index contributed by atoms with van der Waals surface area (Å²) in [6, 6.07) is 4.00. The second kappa shape index (κ2) is 5.63. The van der Waals surface area contributed by atoms with Crippen molar-refractivity contribution >= 4 is 29.3 Å². The lowest BCUT2D eigenvalue weighted by Gasteiger charge is -2.08. The van der Waals surface area contributed by atoms with E-state index in [2.05, 4.69) is 4.98 Å². The molecule has 2 aromatic rings. The van der Waals surface area contributed by atoms with E-state index in [0.717, 1.165) is 11.8 Å². The molecule has 0 amide bonds. The van der Waals surface area contributed by atoms with Crippen LogP contribution in [0.4, 0.5) is 4.39 Å². The number of aromatic nitrogens is 2. The lowest BCUT2D eigenvalue weighted by Crippen LogP contribution is -2.02. The molecule has 1 heterocycles. The van der Waals surface area contributed by atoms with Gasteiger partial charge in [0.05, 0.1) is 22.2 Å². The van der Waals surface area contributed by atoms with Crippen LogP contribution in [0.3, 0.4) is 0 Å². The molecule has 0 unspecified atom stereocenters. The summed E-state index contributed by atoms with van der Waals surface area (Å²) in [4.78, 5) is 14.8. The Balaban J connectivity index is 2.43. The molecule has 0 fully saturated rings. The van der Waals surface area contributed by atoms with E-state index in [1.54, 1.807) is 17.7 Å². The van der Waals surface area contributed by atoms with Gasteiger partial charge in [0.2, 0.25) is 0 Å². The molecule has 4 nitrogen and oxygen atoms in total. The fraction of sp³-hybridized carbons (Fsp3) is 0.167. The molecule has 0 radical (unpaired) electrons. The van der Waals surface area contributed by atoms with Crippen molar-refractivity contribution in [1.82, 2.24) is 9.55 Å². The van der Waals surface area contributed by atoms with Crippen molar-refractivity contribution in [3.63, 3.8) is 0 Å². The fourth-order valence-electron chi connectivity index (χ4n) is 1.55. The molecule has 1 aromatic heterocycles. The lowest BCUT2D eigenvalue weighted by atomic mass is 10.3. The van der Waals surface area contributed by atoms with Gasteiger partial charge in [-0.25, -0.2) is 9.37 Å². The molecule has 2 rings (SSSR count). The number of carboxylic acid groups (broad SMARTS) is 1. The minimum atomic E-state index is -0.942. The first kappa shape index (κ1) is 13.9. The van der Waals surface area contributed by atoms with Crippen LogP contribution < -0.4 is 0 Å². The van der Waals surface area contributed by atoms with Gasteiger partial charge in [0.25, 0.3) is 0 Å². The van der Waals surface area contributed by atoms with Gasteiger partial charge in [-0.05, 0) is 25.1 Å². The maximum Gasteiger partial charge on any atom is 0.313 e. The minimum absolute atomic E-state index is 0.122. The first-order valence-electron chi connectivity index (χ1n) is 5.33. The molecule has 0 aliphatic heterocycles. The fourth-order valence-corrected chi connectivity index (χ4v) is 2.51. The third kappa shape index (κ3) is 3.27. The van der Waals surface area contributed by atoms with Gasteiger partial charge < -0.3 is 5.11 Å². The number of benzene rings is 1. The lowest BCUT2D eigenvalue weighted by molar-refractivity contribution is -0.133. The van der Waals surface area contributed by atoms with Crippen LogP contribution in [0.25, 0.3) is 5.69 Å². The van der Waals surface area contributed by atoms with Crippen molar-refractivity contribution in [2.24, 2.45) is 0 Å². The third-order valence-corrected chi connectivity index (χ3v) is 3.54. The summed E-state index contributed by atoms with van der Waals surface area (Å²) in [6.45, 7) is 1.77. The van der Waals surface area contributed by atoms with Crippen molar-refractivity contribution in [1.29, 1.82) is 0 Å². The van der Waals surface area contributed by atoms with E-state index in [-0.39, 0.29) is 5.75 Å². The molecule has 19 heavy (non-hydrogen) atoms. The molecule has 0 saturated carbocycles. The maximum absolute atomic E-state index is 13.3. The zero-order valence-corrected chi connectivity index (χ0v) is 11.5. The highest BCUT2D eigenvalue weighted by molar-refractivity contribution is 7.99. The summed E-state index contributed by atoms with van der Waals surface area (Å²) >= 11 is 7.09. The average Bonchev–Trinajstić information content (AvgIpc) is 2.71. The first-order chi connectivity index (χ1) is 8.97. The van der Waals surface area contributed by atoms with Crippen LogP contribution in [0.2, 0.25) is 5.02 Å². The Morgan fingerprint density at radius 1 is 1.58 bits per heavy atom. The number of hydrogen-bond donors (Lipinski definition) is 1. The Morgan fingerprint density at radius 2 is 2.32 bits per heavy atom. The summed E-state index contributed by atoms with van der Waals surface area (Å²) in [5, 5.41) is 9.53. The van der Waals surface area contributed by atoms with E-state index in [9.17, 15) is 9.18 Å². The van der Waals surface area contributed by atoms with Crippen LogP contribution in [0, 0.1) is 12.7 Å². The van der Waals surface area contributed by atoms with Crippen molar-refractivity contribution in [3.05, 3.63) is 40.9 Å². The van der Waals surface area contributed by atoms with Crippen molar-refractivity contribution in [2.75, 3.05) is 5.75 Å². The Labute approximate surface area is 118 Å². The van der Waals surface area contributed by atoms with Crippen LogP contribution in [-0.2, 0) is 4.79 Å². The Bertz CT molecular complexity index is 630. The summed E-state index contributed by atoms with van der Waals surface area (Å²) in [5.41, 5.74) is 1.14. The molecule has 1 aromatic carbocycles. The van der Waals surface area contributed by atoms with E-state index >= 15 is 0 Å². The predicted molar refractivity (Wildman–Crippen MR) is 71.6 cm³/mol. The smallest absolute Gasteiger partial charge is 0.313 e. The zero-order valence-electron chi connectivity index (χ0n) is 9.93. The SMILES string of the molecule is Cc1cn(-c2cc(F)ccc2Cl)c(SCC(=O)O)n1. The summed E-state index contributed by atoms with van der Waals surface area (Å²) in [6.07, 6.45) is 1.69. The quantitative estimate of drug-likeness (QED) is 0.881. The number of imidazole rings is 1. The molecule has 0 spiro atoms. The van der Waals surface area contributed by atoms with Gasteiger partial charge in [-0.15, -0.1) is 0 Å². The van der Waals surface area contributed by atoms with E-state index in [1.165, 1.54) is 18.2 Å². The number of rotatable bonds is 4. The number of hydrogen-bond acceptors (Lipinski definition) is 3. The maximum atomic E-state index is 13.3. The molecular weight excluding hydrogens is 291 g/mol. The van der Waals surface area contributed by atoms with E-state index in [0.29, 0.717) is 21.6 Å². The molecule has 1 N–H and O–H groups in total. The number of aliphatic carboxylic acids is 1. The number of nitrogens with zero attached hydrogens (tertiary/aromatic N) is 2.